The highest BCUT2D eigenvalue weighted by Gasteiger charge is 2.44. The maximum absolute atomic E-state index is 12.6. The molecule has 0 radical (unpaired) electrons. The molecule has 3 aliphatic heterocycles. The van der Waals surface area contributed by atoms with Crippen molar-refractivity contribution in [2.45, 2.75) is 51.1 Å². The molecule has 3 saturated heterocycles. The van der Waals surface area contributed by atoms with Gasteiger partial charge in [0.25, 0.3) is 0 Å². The molecule has 5 heteroatoms. The molecule has 1 amide bonds. The number of fused-ring (bicyclic) bond motifs is 2. The van der Waals surface area contributed by atoms with Gasteiger partial charge in [-0.05, 0) is 39.0 Å². The average Bonchev–Trinajstić information content (AvgIpc) is 3.09. The number of carbonyl (C=O) groups is 2. The number of carbonyl (C=O) groups excluding carboxylic acids is 2. The van der Waals surface area contributed by atoms with Crippen molar-refractivity contribution in [1.29, 1.82) is 0 Å². The van der Waals surface area contributed by atoms with Gasteiger partial charge >= 0.3 is 5.97 Å². The van der Waals surface area contributed by atoms with Gasteiger partial charge in [-0.2, -0.15) is 0 Å². The molecule has 20 heavy (non-hydrogen) atoms. The summed E-state index contributed by atoms with van der Waals surface area (Å²) in [6.07, 6.45) is 4.86. The van der Waals surface area contributed by atoms with Crippen molar-refractivity contribution >= 4 is 11.9 Å². The Balaban J connectivity index is 1.51. The fourth-order valence-corrected chi connectivity index (χ4v) is 3.93. The molecular weight excluding hydrogens is 256 g/mol. The van der Waals surface area contributed by atoms with E-state index in [-0.39, 0.29) is 17.8 Å². The van der Waals surface area contributed by atoms with E-state index in [1.165, 1.54) is 6.42 Å². The number of rotatable bonds is 3. The van der Waals surface area contributed by atoms with Gasteiger partial charge in [-0.3, -0.25) is 9.59 Å². The maximum atomic E-state index is 12.6. The zero-order valence-corrected chi connectivity index (χ0v) is 12.1. The Hall–Kier alpha value is -1.10. The Bertz CT molecular complexity index is 391. The molecule has 112 valence electrons. The van der Waals surface area contributed by atoms with Gasteiger partial charge in [0.15, 0.2) is 0 Å². The van der Waals surface area contributed by atoms with E-state index >= 15 is 0 Å². The van der Waals surface area contributed by atoms with Crippen molar-refractivity contribution in [2.75, 3.05) is 19.7 Å². The van der Waals surface area contributed by atoms with Crippen LogP contribution in [0.25, 0.3) is 0 Å². The minimum Gasteiger partial charge on any atom is -0.466 e. The number of hydrogen-bond acceptors (Lipinski definition) is 4. The largest absolute Gasteiger partial charge is 0.466 e. The van der Waals surface area contributed by atoms with E-state index in [9.17, 15) is 9.59 Å². The first-order valence-corrected chi connectivity index (χ1v) is 7.90. The lowest BCUT2D eigenvalue weighted by Gasteiger charge is -2.34. The molecule has 3 atom stereocenters. The van der Waals surface area contributed by atoms with Crippen molar-refractivity contribution < 1.29 is 14.3 Å². The van der Waals surface area contributed by atoms with Gasteiger partial charge in [-0.1, -0.05) is 0 Å². The van der Waals surface area contributed by atoms with Crippen LogP contribution in [0, 0.1) is 11.8 Å². The summed E-state index contributed by atoms with van der Waals surface area (Å²) in [6.45, 7) is 3.68. The third kappa shape index (κ3) is 2.55. The number of hydrogen-bond donors (Lipinski definition) is 1. The molecule has 3 unspecified atom stereocenters. The van der Waals surface area contributed by atoms with E-state index in [0.29, 0.717) is 37.7 Å². The van der Waals surface area contributed by atoms with E-state index in [0.717, 1.165) is 25.7 Å². The van der Waals surface area contributed by atoms with Crippen LogP contribution in [0.2, 0.25) is 0 Å². The number of ether oxygens (including phenoxy) is 1. The normalized spacial score (nSPS) is 33.5. The van der Waals surface area contributed by atoms with Crippen molar-refractivity contribution in [3.63, 3.8) is 0 Å². The van der Waals surface area contributed by atoms with Gasteiger partial charge in [0.05, 0.1) is 18.4 Å². The van der Waals surface area contributed by atoms with E-state index in [1.807, 2.05) is 11.8 Å². The molecule has 0 saturated carbocycles. The molecule has 0 aromatic heterocycles. The summed E-state index contributed by atoms with van der Waals surface area (Å²) in [6, 6.07) is 0.960. The predicted octanol–water partition coefficient (Wildman–Crippen LogP) is 0.929. The minimum atomic E-state index is -0.0961. The summed E-state index contributed by atoms with van der Waals surface area (Å²) in [5.74, 6) is 0.359. The molecule has 5 nitrogen and oxygen atoms in total. The molecule has 3 aliphatic rings. The second-order valence-corrected chi connectivity index (χ2v) is 6.24. The first-order valence-electron chi connectivity index (χ1n) is 7.90. The topological polar surface area (TPSA) is 58.6 Å². The van der Waals surface area contributed by atoms with Crippen molar-refractivity contribution in [3.05, 3.63) is 0 Å². The van der Waals surface area contributed by atoms with Crippen LogP contribution in [-0.2, 0) is 14.3 Å². The SMILES string of the molecule is CCOC(=O)C1CCN(C(=O)C2CC3CCC2N3)CC1. The van der Waals surface area contributed by atoms with Crippen LogP contribution in [0.3, 0.4) is 0 Å². The van der Waals surface area contributed by atoms with Crippen molar-refractivity contribution in [3.8, 4) is 0 Å². The molecule has 0 spiro atoms. The van der Waals surface area contributed by atoms with Gasteiger partial charge in [0, 0.05) is 25.2 Å². The Morgan fingerprint density at radius 3 is 2.50 bits per heavy atom. The van der Waals surface area contributed by atoms with E-state index in [1.54, 1.807) is 0 Å². The Morgan fingerprint density at radius 2 is 1.95 bits per heavy atom. The highest BCUT2D eigenvalue weighted by atomic mass is 16.5. The third-order valence-electron chi connectivity index (χ3n) is 5.04. The quantitative estimate of drug-likeness (QED) is 0.781. The Kier molecular flexibility index (Phi) is 3.96. The number of nitrogens with zero attached hydrogens (tertiary/aromatic N) is 1. The zero-order valence-electron chi connectivity index (χ0n) is 12.1. The number of piperidine rings is 1. The van der Waals surface area contributed by atoms with Crippen LogP contribution >= 0.6 is 0 Å². The van der Waals surface area contributed by atoms with Crippen LogP contribution < -0.4 is 5.32 Å². The number of likely N-dealkylation sites (tertiary alicyclic amines) is 1. The van der Waals surface area contributed by atoms with Gasteiger partial charge in [0.1, 0.15) is 0 Å². The zero-order chi connectivity index (χ0) is 14.1. The summed E-state index contributed by atoms with van der Waals surface area (Å²) in [4.78, 5) is 26.2. The molecule has 3 rings (SSSR count). The van der Waals surface area contributed by atoms with Crippen LogP contribution in [0.1, 0.15) is 39.0 Å². The minimum absolute atomic E-state index is 0.0165. The van der Waals surface area contributed by atoms with E-state index < -0.39 is 0 Å². The predicted molar refractivity (Wildman–Crippen MR) is 74.0 cm³/mol. The fourth-order valence-electron chi connectivity index (χ4n) is 3.93. The third-order valence-corrected chi connectivity index (χ3v) is 5.04. The number of nitrogens with one attached hydrogen (secondary N) is 1. The summed E-state index contributed by atoms with van der Waals surface area (Å²) in [5.41, 5.74) is 0. The Labute approximate surface area is 120 Å². The molecule has 2 bridgehead atoms. The van der Waals surface area contributed by atoms with Crippen LogP contribution in [0.15, 0.2) is 0 Å². The molecule has 0 aromatic carbocycles. The number of amides is 1. The van der Waals surface area contributed by atoms with E-state index in [4.69, 9.17) is 4.74 Å². The second-order valence-electron chi connectivity index (χ2n) is 6.24. The van der Waals surface area contributed by atoms with Crippen LogP contribution in [-0.4, -0.2) is 48.6 Å². The summed E-state index contributed by atoms with van der Waals surface area (Å²) in [5, 5.41) is 3.52. The van der Waals surface area contributed by atoms with Crippen LogP contribution in [0.5, 0.6) is 0 Å². The first kappa shape index (κ1) is 13.9. The van der Waals surface area contributed by atoms with Gasteiger partial charge in [0.2, 0.25) is 5.91 Å². The Morgan fingerprint density at radius 1 is 1.20 bits per heavy atom. The first-order chi connectivity index (χ1) is 9.69. The standard InChI is InChI=1S/C15H24N2O3/c1-2-20-15(19)10-5-7-17(8-6-10)14(18)12-9-11-3-4-13(12)16-11/h10-13,16H,2-9H2,1H3. The monoisotopic (exact) mass is 280 g/mol. The number of esters is 1. The summed E-state index contributed by atoms with van der Waals surface area (Å²) in [7, 11) is 0. The molecule has 0 aromatic rings. The van der Waals surface area contributed by atoms with E-state index in [2.05, 4.69) is 5.32 Å². The van der Waals surface area contributed by atoms with Gasteiger partial charge < -0.3 is 15.0 Å². The lowest BCUT2D eigenvalue weighted by atomic mass is 9.87. The molecule has 0 aliphatic carbocycles. The summed E-state index contributed by atoms with van der Waals surface area (Å²) >= 11 is 0. The average molecular weight is 280 g/mol. The highest BCUT2D eigenvalue weighted by Crippen LogP contribution is 2.35. The lowest BCUT2D eigenvalue weighted by Crippen LogP contribution is -2.45. The molecule has 3 fully saturated rings. The van der Waals surface area contributed by atoms with Crippen molar-refractivity contribution in [2.24, 2.45) is 11.8 Å². The smallest absolute Gasteiger partial charge is 0.309 e. The summed E-state index contributed by atoms with van der Waals surface area (Å²) < 4.78 is 5.06. The maximum Gasteiger partial charge on any atom is 0.309 e. The van der Waals surface area contributed by atoms with Crippen molar-refractivity contribution in [1.82, 2.24) is 10.2 Å². The lowest BCUT2D eigenvalue weighted by molar-refractivity contribution is -0.151. The van der Waals surface area contributed by atoms with Crippen LogP contribution in [0.4, 0.5) is 0 Å². The second kappa shape index (κ2) is 5.72. The molecular formula is C15H24N2O3. The molecule has 1 N–H and O–H groups in total. The van der Waals surface area contributed by atoms with Gasteiger partial charge in [-0.15, -0.1) is 0 Å². The van der Waals surface area contributed by atoms with Gasteiger partial charge in [-0.25, -0.2) is 0 Å². The molecule has 3 heterocycles. The highest BCUT2D eigenvalue weighted by molar-refractivity contribution is 5.81. The fraction of sp³-hybridized carbons (Fsp3) is 0.867.